The van der Waals surface area contributed by atoms with Gasteiger partial charge < -0.3 is 9.84 Å². The SMILES string of the molecule is Cc1nc(CN(C)[C@H](C(=O)O)c2cccc3c2OCC3)cs1. The lowest BCUT2D eigenvalue weighted by atomic mass is 10.0. The van der Waals surface area contributed by atoms with Crippen molar-refractivity contribution in [1.82, 2.24) is 9.88 Å². The zero-order valence-electron chi connectivity index (χ0n) is 12.6. The number of nitrogens with zero attached hydrogens (tertiary/aromatic N) is 2. The number of ether oxygens (including phenoxy) is 1. The Morgan fingerprint density at radius 3 is 3.05 bits per heavy atom. The number of hydrogen-bond acceptors (Lipinski definition) is 5. The summed E-state index contributed by atoms with van der Waals surface area (Å²) in [6, 6.07) is 5.00. The molecule has 1 aliphatic heterocycles. The van der Waals surface area contributed by atoms with Crippen LogP contribution in [0.1, 0.15) is 27.9 Å². The lowest BCUT2D eigenvalue weighted by Gasteiger charge is -2.25. The molecule has 6 heteroatoms. The molecule has 0 fully saturated rings. The van der Waals surface area contributed by atoms with Gasteiger partial charge in [0.05, 0.1) is 17.3 Å². The van der Waals surface area contributed by atoms with Gasteiger partial charge in [0.1, 0.15) is 11.8 Å². The van der Waals surface area contributed by atoms with E-state index in [-0.39, 0.29) is 0 Å². The number of carboxylic acid groups (broad SMARTS) is 1. The summed E-state index contributed by atoms with van der Waals surface area (Å²) in [5.41, 5.74) is 2.70. The number of likely N-dealkylation sites (N-methyl/N-ethyl adjacent to an activating group) is 1. The van der Waals surface area contributed by atoms with Gasteiger partial charge in [0.2, 0.25) is 0 Å². The Bertz CT molecular complexity index is 698. The van der Waals surface area contributed by atoms with Crippen LogP contribution in [-0.2, 0) is 17.8 Å². The molecule has 22 heavy (non-hydrogen) atoms. The van der Waals surface area contributed by atoms with Gasteiger partial charge in [0.25, 0.3) is 0 Å². The quantitative estimate of drug-likeness (QED) is 0.918. The smallest absolute Gasteiger partial charge is 0.325 e. The maximum atomic E-state index is 11.8. The number of aromatic nitrogens is 1. The van der Waals surface area contributed by atoms with Crippen molar-refractivity contribution < 1.29 is 14.6 Å². The molecule has 3 rings (SSSR count). The van der Waals surface area contributed by atoms with E-state index in [1.165, 1.54) is 0 Å². The molecule has 0 spiro atoms. The molecule has 1 N–H and O–H groups in total. The van der Waals surface area contributed by atoms with Crippen LogP contribution in [0, 0.1) is 6.92 Å². The van der Waals surface area contributed by atoms with Crippen LogP contribution in [0.5, 0.6) is 5.75 Å². The summed E-state index contributed by atoms with van der Waals surface area (Å²) in [6.45, 7) is 3.05. The highest BCUT2D eigenvalue weighted by Crippen LogP contribution is 2.36. The summed E-state index contributed by atoms with van der Waals surface area (Å²) < 4.78 is 5.66. The molecule has 0 saturated carbocycles. The highest BCUT2D eigenvalue weighted by molar-refractivity contribution is 7.09. The summed E-state index contributed by atoms with van der Waals surface area (Å²) >= 11 is 1.57. The molecule has 0 unspecified atom stereocenters. The van der Waals surface area contributed by atoms with E-state index in [1.807, 2.05) is 37.6 Å². The second kappa shape index (κ2) is 6.06. The van der Waals surface area contributed by atoms with Crippen molar-refractivity contribution in [1.29, 1.82) is 0 Å². The average molecular weight is 318 g/mol. The van der Waals surface area contributed by atoms with Gasteiger partial charge in [-0.05, 0) is 19.5 Å². The number of carboxylic acids is 1. The van der Waals surface area contributed by atoms with Crippen LogP contribution in [0.3, 0.4) is 0 Å². The molecule has 2 heterocycles. The van der Waals surface area contributed by atoms with Crippen LogP contribution in [0.2, 0.25) is 0 Å². The first-order chi connectivity index (χ1) is 10.6. The van der Waals surface area contributed by atoms with Crippen molar-refractivity contribution in [2.45, 2.75) is 25.9 Å². The fourth-order valence-electron chi connectivity index (χ4n) is 2.84. The molecule has 0 bridgehead atoms. The molecule has 0 saturated heterocycles. The van der Waals surface area contributed by atoms with E-state index < -0.39 is 12.0 Å². The molecule has 1 aliphatic rings. The van der Waals surface area contributed by atoms with Crippen molar-refractivity contribution in [3.05, 3.63) is 45.4 Å². The number of carbonyl (C=O) groups is 1. The molecule has 116 valence electrons. The highest BCUT2D eigenvalue weighted by atomic mass is 32.1. The third-order valence-electron chi connectivity index (χ3n) is 3.79. The zero-order valence-corrected chi connectivity index (χ0v) is 13.4. The number of aryl methyl sites for hydroxylation is 1. The summed E-state index contributed by atoms with van der Waals surface area (Å²) in [5.74, 6) is -0.144. The van der Waals surface area contributed by atoms with Crippen LogP contribution < -0.4 is 4.74 Å². The van der Waals surface area contributed by atoms with Crippen LogP contribution in [0.15, 0.2) is 23.6 Å². The van der Waals surface area contributed by atoms with Gasteiger partial charge in [-0.15, -0.1) is 11.3 Å². The van der Waals surface area contributed by atoms with E-state index in [4.69, 9.17) is 4.74 Å². The van der Waals surface area contributed by atoms with Gasteiger partial charge >= 0.3 is 5.97 Å². The lowest BCUT2D eigenvalue weighted by Crippen LogP contribution is -2.31. The lowest BCUT2D eigenvalue weighted by molar-refractivity contribution is -0.143. The minimum absolute atomic E-state index is 0.491. The maximum absolute atomic E-state index is 11.8. The van der Waals surface area contributed by atoms with Crippen LogP contribution >= 0.6 is 11.3 Å². The highest BCUT2D eigenvalue weighted by Gasteiger charge is 2.30. The van der Waals surface area contributed by atoms with E-state index in [2.05, 4.69) is 4.98 Å². The van der Waals surface area contributed by atoms with Crippen molar-refractivity contribution in [2.24, 2.45) is 0 Å². The van der Waals surface area contributed by atoms with Crippen molar-refractivity contribution in [3.63, 3.8) is 0 Å². The fourth-order valence-corrected chi connectivity index (χ4v) is 3.45. The van der Waals surface area contributed by atoms with Crippen molar-refractivity contribution in [3.8, 4) is 5.75 Å². The molecule has 1 atom stereocenters. The second-order valence-corrected chi connectivity index (χ2v) is 6.51. The molecule has 1 aromatic heterocycles. The van der Waals surface area contributed by atoms with Gasteiger partial charge in [0.15, 0.2) is 0 Å². The predicted octanol–water partition coefficient (Wildman–Crippen LogP) is 2.64. The standard InChI is InChI=1S/C16H18N2O3S/c1-10-17-12(9-22-10)8-18(2)14(16(19)20)13-5-3-4-11-6-7-21-15(11)13/h3-5,9,14H,6-8H2,1-2H3,(H,19,20)/t14-/m0/s1. The summed E-state index contributed by atoms with van der Waals surface area (Å²) in [6.07, 6.45) is 0.838. The molecular formula is C16H18N2O3S. The fraction of sp³-hybridized carbons (Fsp3) is 0.375. The zero-order chi connectivity index (χ0) is 15.7. The maximum Gasteiger partial charge on any atom is 0.325 e. The molecule has 1 aromatic carbocycles. The largest absolute Gasteiger partial charge is 0.493 e. The van der Waals surface area contributed by atoms with Gasteiger partial charge in [-0.25, -0.2) is 4.98 Å². The molecule has 0 radical (unpaired) electrons. The van der Waals surface area contributed by atoms with Gasteiger partial charge in [-0.1, -0.05) is 18.2 Å². The number of thiazole rings is 1. The van der Waals surface area contributed by atoms with Crippen LogP contribution in [-0.4, -0.2) is 34.6 Å². The van der Waals surface area contributed by atoms with E-state index in [0.29, 0.717) is 13.2 Å². The number of rotatable bonds is 5. The summed E-state index contributed by atoms with van der Waals surface area (Å²) in [7, 11) is 1.81. The first-order valence-electron chi connectivity index (χ1n) is 7.15. The van der Waals surface area contributed by atoms with Crippen molar-refractivity contribution in [2.75, 3.05) is 13.7 Å². The first-order valence-corrected chi connectivity index (χ1v) is 8.03. The Hall–Kier alpha value is -1.92. The topological polar surface area (TPSA) is 62.7 Å². The number of fused-ring (bicyclic) bond motifs is 1. The van der Waals surface area contributed by atoms with Gasteiger partial charge in [-0.3, -0.25) is 9.69 Å². The molecule has 0 amide bonds. The molecule has 0 aliphatic carbocycles. The Morgan fingerprint density at radius 2 is 2.36 bits per heavy atom. The number of para-hydroxylation sites is 1. The number of hydrogen-bond donors (Lipinski definition) is 1. The van der Waals surface area contributed by atoms with Crippen LogP contribution in [0.25, 0.3) is 0 Å². The monoisotopic (exact) mass is 318 g/mol. The van der Waals surface area contributed by atoms with E-state index in [0.717, 1.165) is 34.0 Å². The first kappa shape index (κ1) is 15.0. The molecular weight excluding hydrogens is 300 g/mol. The molecule has 2 aromatic rings. The van der Waals surface area contributed by atoms with Crippen LogP contribution in [0.4, 0.5) is 0 Å². The number of aliphatic carboxylic acids is 1. The third-order valence-corrected chi connectivity index (χ3v) is 4.61. The van der Waals surface area contributed by atoms with E-state index in [1.54, 1.807) is 16.2 Å². The van der Waals surface area contributed by atoms with Gasteiger partial charge in [-0.2, -0.15) is 0 Å². The predicted molar refractivity (Wildman–Crippen MR) is 84.3 cm³/mol. The Labute approximate surface area is 133 Å². The second-order valence-electron chi connectivity index (χ2n) is 5.45. The normalized spacial score (nSPS) is 14.7. The minimum atomic E-state index is -0.877. The average Bonchev–Trinajstić information content (AvgIpc) is 3.08. The summed E-state index contributed by atoms with van der Waals surface area (Å²) in [4.78, 5) is 18.0. The van der Waals surface area contributed by atoms with E-state index >= 15 is 0 Å². The summed E-state index contributed by atoms with van der Waals surface area (Å²) in [5, 5.41) is 12.7. The minimum Gasteiger partial charge on any atom is -0.493 e. The molecule has 5 nitrogen and oxygen atoms in total. The van der Waals surface area contributed by atoms with E-state index in [9.17, 15) is 9.90 Å². The Morgan fingerprint density at radius 1 is 1.55 bits per heavy atom. The number of benzene rings is 1. The Kier molecular flexibility index (Phi) is 4.13. The van der Waals surface area contributed by atoms with Gasteiger partial charge in [0, 0.05) is 23.9 Å². The third kappa shape index (κ3) is 2.84. The Balaban J connectivity index is 1.90. The van der Waals surface area contributed by atoms with Crippen molar-refractivity contribution >= 4 is 17.3 Å².